The average molecular weight is 256 g/mol. The molecule has 19 heavy (non-hydrogen) atoms. The lowest BCUT2D eigenvalue weighted by Crippen LogP contribution is -2.08. The molecule has 0 N–H and O–H groups in total. The fourth-order valence-electron chi connectivity index (χ4n) is 2.14. The minimum Gasteiger partial charge on any atom is -0.298 e. The second-order valence-corrected chi connectivity index (χ2v) is 5.25. The number of hydrogen-bond donors (Lipinski definition) is 0. The van der Waals surface area contributed by atoms with Crippen molar-refractivity contribution in [3.8, 4) is 11.1 Å². The number of benzene rings is 2. The van der Waals surface area contributed by atoms with E-state index >= 15 is 0 Å². The summed E-state index contributed by atoms with van der Waals surface area (Å²) in [6.07, 6.45) is 0.831. The number of halogens is 1. The van der Waals surface area contributed by atoms with E-state index in [1.165, 1.54) is 0 Å². The number of aldehydes is 1. The lowest BCUT2D eigenvalue weighted by molar-refractivity contribution is 0.112. The molecule has 0 aromatic heterocycles. The summed E-state index contributed by atoms with van der Waals surface area (Å²) in [7, 11) is 0. The van der Waals surface area contributed by atoms with Crippen molar-refractivity contribution in [1.29, 1.82) is 0 Å². The van der Waals surface area contributed by atoms with Crippen molar-refractivity contribution >= 4 is 6.29 Å². The SMILES string of the molecule is Cc1cc(C=O)ccc1-c1cccc(C(C)(C)F)c1. The summed E-state index contributed by atoms with van der Waals surface area (Å²) in [5.74, 6) is 0. The van der Waals surface area contributed by atoms with Gasteiger partial charge in [0.1, 0.15) is 12.0 Å². The molecule has 0 bridgehead atoms. The molecule has 0 radical (unpaired) electrons. The second kappa shape index (κ2) is 4.96. The molecule has 0 aliphatic heterocycles. The van der Waals surface area contributed by atoms with E-state index in [9.17, 15) is 9.18 Å². The van der Waals surface area contributed by atoms with Crippen molar-refractivity contribution < 1.29 is 9.18 Å². The maximum Gasteiger partial charge on any atom is 0.150 e. The third-order valence-electron chi connectivity index (χ3n) is 3.25. The molecular formula is C17H17FO. The highest BCUT2D eigenvalue weighted by Crippen LogP contribution is 2.30. The van der Waals surface area contributed by atoms with Crippen molar-refractivity contribution in [1.82, 2.24) is 0 Å². The highest BCUT2D eigenvalue weighted by molar-refractivity contribution is 5.78. The van der Waals surface area contributed by atoms with E-state index in [2.05, 4.69) is 0 Å². The van der Waals surface area contributed by atoms with Gasteiger partial charge in [-0.05, 0) is 55.2 Å². The first-order valence-electron chi connectivity index (χ1n) is 6.27. The van der Waals surface area contributed by atoms with Crippen molar-refractivity contribution in [2.45, 2.75) is 26.4 Å². The molecule has 0 fully saturated rings. The van der Waals surface area contributed by atoms with Gasteiger partial charge in [-0.3, -0.25) is 4.79 Å². The largest absolute Gasteiger partial charge is 0.298 e. The van der Waals surface area contributed by atoms with Gasteiger partial charge < -0.3 is 0 Å². The lowest BCUT2D eigenvalue weighted by atomic mass is 9.93. The van der Waals surface area contributed by atoms with Crippen LogP contribution in [0.4, 0.5) is 4.39 Å². The summed E-state index contributed by atoms with van der Waals surface area (Å²) in [5, 5.41) is 0. The van der Waals surface area contributed by atoms with Gasteiger partial charge in [0.15, 0.2) is 0 Å². The smallest absolute Gasteiger partial charge is 0.150 e. The van der Waals surface area contributed by atoms with E-state index < -0.39 is 5.67 Å². The van der Waals surface area contributed by atoms with Crippen LogP contribution in [0.1, 0.15) is 35.3 Å². The summed E-state index contributed by atoms with van der Waals surface area (Å²) >= 11 is 0. The van der Waals surface area contributed by atoms with Gasteiger partial charge in [-0.1, -0.05) is 30.3 Å². The Morgan fingerprint density at radius 1 is 1.11 bits per heavy atom. The molecule has 0 atom stereocenters. The molecule has 0 heterocycles. The number of carbonyl (C=O) groups excluding carboxylic acids is 1. The molecule has 2 heteroatoms. The van der Waals surface area contributed by atoms with Crippen molar-refractivity contribution in [2.24, 2.45) is 0 Å². The summed E-state index contributed by atoms with van der Waals surface area (Å²) < 4.78 is 14.0. The molecule has 0 amide bonds. The molecule has 1 nitrogen and oxygen atoms in total. The Morgan fingerprint density at radius 2 is 1.84 bits per heavy atom. The van der Waals surface area contributed by atoms with Gasteiger partial charge in [-0.15, -0.1) is 0 Å². The first-order valence-corrected chi connectivity index (χ1v) is 6.27. The third kappa shape index (κ3) is 2.90. The third-order valence-corrected chi connectivity index (χ3v) is 3.25. The maximum absolute atomic E-state index is 14.0. The zero-order chi connectivity index (χ0) is 14.0. The van der Waals surface area contributed by atoms with Gasteiger partial charge >= 0.3 is 0 Å². The molecule has 98 valence electrons. The van der Waals surface area contributed by atoms with Crippen LogP contribution in [0.2, 0.25) is 0 Å². The molecule has 0 aliphatic carbocycles. The van der Waals surface area contributed by atoms with Crippen molar-refractivity contribution in [2.75, 3.05) is 0 Å². The molecule has 0 spiro atoms. The monoisotopic (exact) mass is 256 g/mol. The van der Waals surface area contributed by atoms with Crippen LogP contribution in [0.15, 0.2) is 42.5 Å². The van der Waals surface area contributed by atoms with Gasteiger partial charge in [0.05, 0.1) is 0 Å². The molecule has 0 saturated heterocycles. The summed E-state index contributed by atoms with van der Waals surface area (Å²) in [5.41, 5.74) is 2.97. The van der Waals surface area contributed by atoms with Gasteiger partial charge in [0.25, 0.3) is 0 Å². The predicted octanol–water partition coefficient (Wildman–Crippen LogP) is 4.68. The number of carbonyl (C=O) groups is 1. The van der Waals surface area contributed by atoms with Crippen LogP contribution in [-0.2, 0) is 5.67 Å². The van der Waals surface area contributed by atoms with Crippen molar-refractivity contribution in [3.05, 3.63) is 59.2 Å². The van der Waals surface area contributed by atoms with Crippen LogP contribution in [0.25, 0.3) is 11.1 Å². The van der Waals surface area contributed by atoms with Crippen LogP contribution < -0.4 is 0 Å². The van der Waals surface area contributed by atoms with Crippen LogP contribution in [0.3, 0.4) is 0 Å². The molecule has 2 aromatic carbocycles. The Morgan fingerprint density at radius 3 is 2.42 bits per heavy atom. The van der Waals surface area contributed by atoms with Gasteiger partial charge in [-0.2, -0.15) is 0 Å². The van der Waals surface area contributed by atoms with E-state index in [0.717, 1.165) is 23.0 Å². The molecule has 0 aliphatic rings. The summed E-state index contributed by atoms with van der Waals surface area (Å²) in [6, 6.07) is 13.0. The van der Waals surface area contributed by atoms with E-state index in [0.29, 0.717) is 11.1 Å². The second-order valence-electron chi connectivity index (χ2n) is 5.25. The van der Waals surface area contributed by atoms with Crippen LogP contribution in [0, 0.1) is 6.92 Å². The fraction of sp³-hybridized carbons (Fsp3) is 0.235. The first kappa shape index (κ1) is 13.5. The Bertz CT molecular complexity index is 609. The Kier molecular flexibility index (Phi) is 3.52. The Balaban J connectivity index is 2.50. The van der Waals surface area contributed by atoms with Crippen LogP contribution in [-0.4, -0.2) is 6.29 Å². The maximum atomic E-state index is 14.0. The van der Waals surface area contributed by atoms with E-state index in [1.807, 2.05) is 37.3 Å². The quantitative estimate of drug-likeness (QED) is 0.729. The standard InChI is InChI=1S/C17H17FO/c1-12-9-13(11-19)7-8-16(12)14-5-4-6-15(10-14)17(2,3)18/h4-11H,1-3H3. The first-order chi connectivity index (χ1) is 8.91. The molecule has 0 saturated carbocycles. The Hall–Kier alpha value is -1.96. The number of rotatable bonds is 3. The van der Waals surface area contributed by atoms with E-state index in [4.69, 9.17) is 0 Å². The molecule has 2 aromatic rings. The highest BCUT2D eigenvalue weighted by Gasteiger charge is 2.19. The molecular weight excluding hydrogens is 239 g/mol. The number of hydrogen-bond acceptors (Lipinski definition) is 1. The highest BCUT2D eigenvalue weighted by atomic mass is 19.1. The minimum absolute atomic E-state index is 0.656. The lowest BCUT2D eigenvalue weighted by Gasteiger charge is -2.16. The summed E-state index contributed by atoms with van der Waals surface area (Å²) in [4.78, 5) is 10.7. The molecule has 2 rings (SSSR count). The van der Waals surface area contributed by atoms with Crippen LogP contribution in [0.5, 0.6) is 0 Å². The van der Waals surface area contributed by atoms with E-state index in [1.54, 1.807) is 26.0 Å². The van der Waals surface area contributed by atoms with Gasteiger partial charge in [-0.25, -0.2) is 4.39 Å². The topological polar surface area (TPSA) is 17.1 Å². The minimum atomic E-state index is -1.35. The zero-order valence-corrected chi connectivity index (χ0v) is 11.4. The average Bonchev–Trinajstić information content (AvgIpc) is 2.37. The van der Waals surface area contributed by atoms with Crippen LogP contribution >= 0.6 is 0 Å². The zero-order valence-electron chi connectivity index (χ0n) is 11.4. The number of alkyl halides is 1. The van der Waals surface area contributed by atoms with Gasteiger partial charge in [0, 0.05) is 5.56 Å². The van der Waals surface area contributed by atoms with Gasteiger partial charge in [0.2, 0.25) is 0 Å². The normalized spacial score (nSPS) is 11.4. The summed E-state index contributed by atoms with van der Waals surface area (Å²) in [6.45, 7) is 5.05. The number of aryl methyl sites for hydroxylation is 1. The molecule has 0 unspecified atom stereocenters. The fourth-order valence-corrected chi connectivity index (χ4v) is 2.14. The predicted molar refractivity (Wildman–Crippen MR) is 76.1 cm³/mol. The van der Waals surface area contributed by atoms with Crippen molar-refractivity contribution in [3.63, 3.8) is 0 Å². The van der Waals surface area contributed by atoms with E-state index in [-0.39, 0.29) is 0 Å². The Labute approximate surface area is 113 Å².